The van der Waals surface area contributed by atoms with Crippen LogP contribution in [-0.4, -0.2) is 255 Å². The Morgan fingerprint density at radius 2 is 1.04 bits per heavy atom. The van der Waals surface area contributed by atoms with Gasteiger partial charge in [-0.2, -0.15) is 0 Å². The third kappa shape index (κ3) is 11.1. The summed E-state index contributed by atoms with van der Waals surface area (Å²) in [7, 11) is 0. The quantitative estimate of drug-likeness (QED) is 0.0637. The third-order valence-electron chi connectivity index (χ3n) is 20.8. The van der Waals surface area contributed by atoms with E-state index in [9.17, 15) is 81.7 Å². The number of ether oxygens (including phenoxy) is 8. The minimum atomic E-state index is -1.77. The summed E-state index contributed by atoms with van der Waals surface area (Å²) >= 11 is 0. The first-order chi connectivity index (χ1) is 36.4. The van der Waals surface area contributed by atoms with Crippen LogP contribution in [0.2, 0.25) is 0 Å². The van der Waals surface area contributed by atoms with E-state index < -0.39 is 184 Å². The third-order valence-corrected chi connectivity index (χ3v) is 20.8. The number of hydrogen-bond acceptors (Lipinski definition) is 24. The van der Waals surface area contributed by atoms with Crippen molar-refractivity contribution in [1.29, 1.82) is 0 Å². The van der Waals surface area contributed by atoms with E-state index in [4.69, 9.17) is 37.9 Å². The first-order valence-corrected chi connectivity index (χ1v) is 28.0. The molecule has 0 aromatic rings. The summed E-state index contributed by atoms with van der Waals surface area (Å²) in [6, 6.07) is 0. The molecule has 3 saturated carbocycles. The maximum Gasteiger partial charge on any atom is 0.187 e. The first kappa shape index (κ1) is 62.8. The molecule has 7 fully saturated rings. The van der Waals surface area contributed by atoms with E-state index in [2.05, 4.69) is 47.6 Å². The first-order valence-electron chi connectivity index (χ1n) is 28.0. The highest BCUT2D eigenvalue weighted by atomic mass is 16.7. The van der Waals surface area contributed by atoms with Gasteiger partial charge in [-0.15, -0.1) is 0 Å². The SMILES string of the molecule is CC(CCC(O[C@@H]1O[C@H](CO[C@@H]2O[C@H](CO)[C@@H](O)[C@H](O)[C@H]2O)[C@@H](O)[C@H](O)[C@H]1O)C(C)(C)O)C1CC[C@@]2(C)C3CC=C4C(CCC(O[C@@H]5O[C@H](CO[C@@H]6O[C@H](CO)[C@@H](O)[C@H](O)[C@H]6O)[C@@H](O)[C@H](O)[C@H]5O)C4(C)C)C3(C)[C@H](O)CC12C. The second-order valence-corrected chi connectivity index (χ2v) is 25.9. The molecule has 0 spiro atoms. The molecule has 8 unspecified atom stereocenters. The molecule has 16 N–H and O–H groups in total. The molecule has 4 aliphatic carbocycles. The van der Waals surface area contributed by atoms with Crippen LogP contribution in [0.1, 0.15) is 107 Å². The van der Waals surface area contributed by atoms with E-state index in [-0.39, 0.29) is 34.5 Å². The van der Waals surface area contributed by atoms with Gasteiger partial charge in [-0.05, 0) is 99.7 Å². The highest BCUT2D eigenvalue weighted by Crippen LogP contribution is 2.75. The van der Waals surface area contributed by atoms with Crippen LogP contribution in [0.4, 0.5) is 0 Å². The molecule has 0 aromatic carbocycles. The van der Waals surface area contributed by atoms with Crippen molar-refractivity contribution < 1.29 is 120 Å². The molecule has 24 nitrogen and oxygen atoms in total. The van der Waals surface area contributed by atoms with Gasteiger partial charge in [0.05, 0.1) is 50.3 Å². The lowest BCUT2D eigenvalue weighted by Crippen LogP contribution is -2.65. The standard InChI is InChI=1S/C54H92O24/c1-22(9-13-33(51(4,5)70)78-49-45(69)41(65)37(61)29(76-49)21-72-47-43(67)39(63)35(59)27(19-56)74-47)23-15-16-52(6)30-12-10-24-25(54(30,8)31(57)17-53(23,52)7)11-14-32(50(24,2)3)77-48-44(68)40(64)36(60)28(75-48)20-71-46-42(66)38(62)34(58)26(18-55)73-46/h10,22-23,25-49,55-70H,9,11-21H2,1-8H3/t22?,23?,25?,26-,27-,28-,29-,30?,31-,32?,33?,34-,35-,36-,37-,38+,39+,40+,41+,42-,43-,44-,45-,46-,47-,48+,49+,52+,53?,54?/m1/s1. The summed E-state index contributed by atoms with van der Waals surface area (Å²) in [6.45, 7) is 13.9. The largest absolute Gasteiger partial charge is 0.394 e. The number of aliphatic hydroxyl groups is 16. The molecule has 4 aliphatic heterocycles. The Morgan fingerprint density at radius 3 is 1.54 bits per heavy atom. The minimum Gasteiger partial charge on any atom is -0.394 e. The smallest absolute Gasteiger partial charge is 0.187 e. The van der Waals surface area contributed by atoms with E-state index in [1.54, 1.807) is 13.8 Å². The van der Waals surface area contributed by atoms with Crippen LogP contribution in [0.5, 0.6) is 0 Å². The predicted octanol–water partition coefficient (Wildman–Crippen LogP) is -3.23. The zero-order chi connectivity index (χ0) is 57.5. The van der Waals surface area contributed by atoms with E-state index in [1.165, 1.54) is 0 Å². The second kappa shape index (κ2) is 23.7. The van der Waals surface area contributed by atoms with Gasteiger partial charge in [0, 0.05) is 10.8 Å². The molecule has 452 valence electrons. The normalized spacial score (nSPS) is 51.4. The van der Waals surface area contributed by atoms with Gasteiger partial charge >= 0.3 is 0 Å². The fraction of sp³-hybridized carbons (Fsp3) is 0.963. The van der Waals surface area contributed by atoms with Crippen LogP contribution < -0.4 is 0 Å². The maximum atomic E-state index is 12.7. The molecule has 30 atom stereocenters. The van der Waals surface area contributed by atoms with Gasteiger partial charge in [0.1, 0.15) is 97.7 Å². The van der Waals surface area contributed by atoms with Crippen LogP contribution in [0.3, 0.4) is 0 Å². The molecule has 8 aliphatic rings. The van der Waals surface area contributed by atoms with Gasteiger partial charge < -0.3 is 120 Å². The number of allylic oxidation sites excluding steroid dienone is 1. The lowest BCUT2D eigenvalue weighted by atomic mass is 9.38. The van der Waals surface area contributed by atoms with Gasteiger partial charge in [-0.3, -0.25) is 0 Å². The van der Waals surface area contributed by atoms with Gasteiger partial charge in [0.15, 0.2) is 25.2 Å². The second-order valence-electron chi connectivity index (χ2n) is 25.9. The van der Waals surface area contributed by atoms with Crippen molar-refractivity contribution in [3.05, 3.63) is 11.6 Å². The van der Waals surface area contributed by atoms with Crippen molar-refractivity contribution >= 4 is 0 Å². The molecule has 8 rings (SSSR count). The summed E-state index contributed by atoms with van der Waals surface area (Å²) in [5, 5.41) is 171. The summed E-state index contributed by atoms with van der Waals surface area (Å²) in [5.74, 6) is 0.307. The minimum absolute atomic E-state index is 0.0242. The highest BCUT2D eigenvalue weighted by molar-refractivity contribution is 5.32. The number of fused-ring (bicyclic) bond motifs is 5. The van der Waals surface area contributed by atoms with E-state index in [1.807, 2.05) is 0 Å². The summed E-state index contributed by atoms with van der Waals surface area (Å²) < 4.78 is 46.9. The van der Waals surface area contributed by atoms with Crippen molar-refractivity contribution in [3.8, 4) is 0 Å². The molecule has 78 heavy (non-hydrogen) atoms. The molecule has 0 aromatic heterocycles. The summed E-state index contributed by atoms with van der Waals surface area (Å²) in [4.78, 5) is 0. The highest BCUT2D eigenvalue weighted by Gasteiger charge is 2.70. The fourth-order valence-corrected chi connectivity index (χ4v) is 15.5. The fourth-order valence-electron chi connectivity index (χ4n) is 15.5. The average molecular weight is 1130 g/mol. The molecular formula is C54H92O24. The van der Waals surface area contributed by atoms with Crippen LogP contribution in [0.15, 0.2) is 11.6 Å². The van der Waals surface area contributed by atoms with Crippen LogP contribution >= 0.6 is 0 Å². The average Bonchev–Trinajstić information content (AvgIpc) is 2.95. The van der Waals surface area contributed by atoms with Crippen molar-refractivity contribution in [2.75, 3.05) is 26.4 Å². The van der Waals surface area contributed by atoms with Crippen molar-refractivity contribution in [3.63, 3.8) is 0 Å². The Balaban J connectivity index is 0.909. The summed E-state index contributed by atoms with van der Waals surface area (Å²) in [6.07, 6.45) is -26.2. The van der Waals surface area contributed by atoms with E-state index in [0.29, 0.717) is 38.5 Å². The van der Waals surface area contributed by atoms with Crippen LogP contribution in [-0.2, 0) is 37.9 Å². The Morgan fingerprint density at radius 1 is 0.577 bits per heavy atom. The number of rotatable bonds is 17. The van der Waals surface area contributed by atoms with E-state index in [0.717, 1.165) is 18.4 Å². The zero-order valence-electron chi connectivity index (χ0n) is 46.1. The molecule has 0 amide bonds. The van der Waals surface area contributed by atoms with Gasteiger partial charge in [0.25, 0.3) is 0 Å². The molecule has 0 radical (unpaired) electrons. The Bertz CT molecular complexity index is 2030. The molecule has 4 heterocycles. The molecule has 4 saturated heterocycles. The monoisotopic (exact) mass is 1120 g/mol. The lowest BCUT2D eigenvalue weighted by molar-refractivity contribution is -0.341. The number of hydrogen-bond donors (Lipinski definition) is 16. The number of aliphatic hydroxyl groups excluding tert-OH is 15. The maximum absolute atomic E-state index is 12.7. The zero-order valence-corrected chi connectivity index (χ0v) is 46.1. The predicted molar refractivity (Wildman–Crippen MR) is 268 cm³/mol. The lowest BCUT2D eigenvalue weighted by Gasteiger charge is -2.67. The molecular weight excluding hydrogens is 1030 g/mol. The topological polar surface area (TPSA) is 398 Å². The van der Waals surface area contributed by atoms with Crippen LogP contribution in [0, 0.1) is 45.3 Å². The molecule has 24 heteroatoms. The summed E-state index contributed by atoms with van der Waals surface area (Å²) in [5.41, 5.74) is -2.02. The molecule has 0 bridgehead atoms. The van der Waals surface area contributed by atoms with E-state index >= 15 is 0 Å². The van der Waals surface area contributed by atoms with Gasteiger partial charge in [-0.1, -0.05) is 53.2 Å². The van der Waals surface area contributed by atoms with Gasteiger partial charge in [0.2, 0.25) is 0 Å². The van der Waals surface area contributed by atoms with Crippen LogP contribution in [0.25, 0.3) is 0 Å². The van der Waals surface area contributed by atoms with Crippen molar-refractivity contribution in [2.45, 2.75) is 253 Å². The van der Waals surface area contributed by atoms with Gasteiger partial charge in [-0.25, -0.2) is 0 Å². The Kier molecular flexibility index (Phi) is 19.1. The Hall–Kier alpha value is -1.22. The van der Waals surface area contributed by atoms with Crippen molar-refractivity contribution in [1.82, 2.24) is 0 Å². The van der Waals surface area contributed by atoms with Crippen molar-refractivity contribution in [2.24, 2.45) is 45.3 Å². The Labute approximate surface area is 455 Å².